The van der Waals surface area contributed by atoms with Gasteiger partial charge in [-0.2, -0.15) is 0 Å². The van der Waals surface area contributed by atoms with Gasteiger partial charge in [0.05, 0.1) is 4.92 Å². The smallest absolute Gasteiger partial charge is 0.310 e. The molecule has 0 spiro atoms. The SMILES string of the molecule is O=[N+]([O-])c1c(Cl)cccc1NCc1ccc2c(c1)OCO2. The molecule has 1 heterocycles. The van der Waals surface area contributed by atoms with Gasteiger partial charge in [0.25, 0.3) is 0 Å². The number of fused-ring (bicyclic) bond motifs is 1. The van der Waals surface area contributed by atoms with Crippen molar-refractivity contribution in [1.82, 2.24) is 0 Å². The Labute approximate surface area is 125 Å². The molecular formula is C14H11ClN2O4. The lowest BCUT2D eigenvalue weighted by molar-refractivity contribution is -0.383. The second-order valence-electron chi connectivity index (χ2n) is 4.43. The molecule has 7 heteroatoms. The number of nitro benzene ring substituents is 1. The lowest BCUT2D eigenvalue weighted by Gasteiger charge is -2.08. The number of nitrogens with zero attached hydrogens (tertiary/aromatic N) is 1. The average Bonchev–Trinajstić information content (AvgIpc) is 2.92. The summed E-state index contributed by atoms with van der Waals surface area (Å²) in [6, 6.07) is 10.3. The van der Waals surface area contributed by atoms with Crippen molar-refractivity contribution in [1.29, 1.82) is 0 Å². The van der Waals surface area contributed by atoms with Crippen LogP contribution >= 0.6 is 11.6 Å². The molecule has 0 fully saturated rings. The highest BCUT2D eigenvalue weighted by Crippen LogP contribution is 2.34. The van der Waals surface area contributed by atoms with Crippen LogP contribution in [0, 0.1) is 10.1 Å². The van der Waals surface area contributed by atoms with Crippen LogP contribution in [0.3, 0.4) is 0 Å². The van der Waals surface area contributed by atoms with Gasteiger partial charge in [0, 0.05) is 6.54 Å². The maximum atomic E-state index is 11.1. The number of anilines is 1. The summed E-state index contributed by atoms with van der Waals surface area (Å²) < 4.78 is 10.5. The van der Waals surface area contributed by atoms with Crippen molar-refractivity contribution >= 4 is 23.0 Å². The zero-order valence-electron chi connectivity index (χ0n) is 10.8. The quantitative estimate of drug-likeness (QED) is 0.690. The highest BCUT2D eigenvalue weighted by Gasteiger charge is 2.18. The first-order chi connectivity index (χ1) is 10.1. The number of hydrogen-bond donors (Lipinski definition) is 1. The van der Waals surface area contributed by atoms with Crippen molar-refractivity contribution in [3.05, 3.63) is 57.1 Å². The van der Waals surface area contributed by atoms with Gasteiger partial charge in [0.2, 0.25) is 6.79 Å². The molecule has 3 rings (SSSR count). The summed E-state index contributed by atoms with van der Waals surface area (Å²) in [6.45, 7) is 0.629. The van der Waals surface area contributed by atoms with E-state index in [-0.39, 0.29) is 17.5 Å². The summed E-state index contributed by atoms with van der Waals surface area (Å²) in [4.78, 5) is 10.6. The lowest BCUT2D eigenvalue weighted by atomic mass is 10.2. The van der Waals surface area contributed by atoms with Crippen LogP contribution in [-0.4, -0.2) is 11.7 Å². The third kappa shape index (κ3) is 2.71. The van der Waals surface area contributed by atoms with E-state index in [2.05, 4.69) is 5.32 Å². The Balaban J connectivity index is 1.79. The second kappa shape index (κ2) is 5.49. The van der Waals surface area contributed by atoms with Gasteiger partial charge < -0.3 is 14.8 Å². The highest BCUT2D eigenvalue weighted by atomic mass is 35.5. The first-order valence-corrected chi connectivity index (χ1v) is 6.58. The monoisotopic (exact) mass is 306 g/mol. The lowest BCUT2D eigenvalue weighted by Crippen LogP contribution is -2.03. The van der Waals surface area contributed by atoms with Crippen LogP contribution in [0.25, 0.3) is 0 Å². The molecule has 0 aromatic heterocycles. The largest absolute Gasteiger partial charge is 0.454 e. The van der Waals surface area contributed by atoms with Crippen LogP contribution in [0.2, 0.25) is 5.02 Å². The molecule has 1 aliphatic rings. The molecule has 0 unspecified atom stereocenters. The van der Waals surface area contributed by atoms with Crippen molar-refractivity contribution in [2.24, 2.45) is 0 Å². The summed E-state index contributed by atoms with van der Waals surface area (Å²) in [7, 11) is 0. The second-order valence-corrected chi connectivity index (χ2v) is 4.84. The summed E-state index contributed by atoms with van der Waals surface area (Å²) in [5.41, 5.74) is 1.18. The number of halogens is 1. The molecule has 0 saturated carbocycles. The number of para-hydroxylation sites is 1. The van der Waals surface area contributed by atoms with E-state index >= 15 is 0 Å². The zero-order chi connectivity index (χ0) is 14.8. The standard InChI is InChI=1S/C14H11ClN2O4/c15-10-2-1-3-11(14(10)17(18)19)16-7-9-4-5-12-13(6-9)21-8-20-12/h1-6,16H,7-8H2. The Bertz CT molecular complexity index is 705. The molecule has 0 atom stereocenters. The van der Waals surface area contributed by atoms with E-state index < -0.39 is 4.92 Å². The minimum absolute atomic E-state index is 0.107. The van der Waals surface area contributed by atoms with Gasteiger partial charge in [-0.3, -0.25) is 10.1 Å². The fraction of sp³-hybridized carbons (Fsp3) is 0.143. The molecule has 1 N–H and O–H groups in total. The van der Waals surface area contributed by atoms with Gasteiger partial charge in [-0.05, 0) is 29.8 Å². The van der Waals surface area contributed by atoms with Crippen LogP contribution in [0.5, 0.6) is 11.5 Å². The van der Waals surface area contributed by atoms with Gasteiger partial charge in [-0.15, -0.1) is 0 Å². The van der Waals surface area contributed by atoms with Gasteiger partial charge >= 0.3 is 5.69 Å². The Hall–Kier alpha value is -2.47. The summed E-state index contributed by atoms with van der Waals surface area (Å²) in [5, 5.41) is 14.2. The maximum absolute atomic E-state index is 11.1. The molecule has 0 bridgehead atoms. The van der Waals surface area contributed by atoms with Gasteiger partial charge in [-0.25, -0.2) is 0 Å². The molecule has 0 radical (unpaired) electrons. The third-order valence-electron chi connectivity index (χ3n) is 3.09. The summed E-state index contributed by atoms with van der Waals surface area (Å²) in [6.07, 6.45) is 0. The highest BCUT2D eigenvalue weighted by molar-refractivity contribution is 6.33. The van der Waals surface area contributed by atoms with Crippen molar-refractivity contribution in [3.8, 4) is 11.5 Å². The Morgan fingerprint density at radius 3 is 2.86 bits per heavy atom. The van der Waals surface area contributed by atoms with E-state index in [1.807, 2.05) is 18.2 Å². The van der Waals surface area contributed by atoms with E-state index in [1.54, 1.807) is 12.1 Å². The third-order valence-corrected chi connectivity index (χ3v) is 3.39. The number of hydrogen-bond acceptors (Lipinski definition) is 5. The van der Waals surface area contributed by atoms with Crippen LogP contribution in [0.15, 0.2) is 36.4 Å². The van der Waals surface area contributed by atoms with E-state index in [4.69, 9.17) is 21.1 Å². The molecule has 21 heavy (non-hydrogen) atoms. The van der Waals surface area contributed by atoms with E-state index in [9.17, 15) is 10.1 Å². The van der Waals surface area contributed by atoms with Crippen LogP contribution in [-0.2, 0) is 6.54 Å². The first kappa shape index (κ1) is 13.5. The molecule has 0 aliphatic carbocycles. The molecule has 108 valence electrons. The molecule has 2 aromatic carbocycles. The van der Waals surface area contributed by atoms with Crippen molar-refractivity contribution in [2.45, 2.75) is 6.54 Å². The molecule has 1 aliphatic heterocycles. The molecule has 2 aromatic rings. The molecular weight excluding hydrogens is 296 g/mol. The fourth-order valence-electron chi connectivity index (χ4n) is 2.09. The first-order valence-electron chi connectivity index (χ1n) is 6.20. The maximum Gasteiger partial charge on any atom is 0.310 e. The number of nitrogens with one attached hydrogen (secondary N) is 1. The molecule has 6 nitrogen and oxygen atoms in total. The zero-order valence-corrected chi connectivity index (χ0v) is 11.6. The van der Waals surface area contributed by atoms with Crippen molar-refractivity contribution in [2.75, 3.05) is 12.1 Å². The average molecular weight is 307 g/mol. The van der Waals surface area contributed by atoms with Crippen LogP contribution in [0.1, 0.15) is 5.56 Å². The number of ether oxygens (including phenoxy) is 2. The Morgan fingerprint density at radius 2 is 2.05 bits per heavy atom. The number of rotatable bonds is 4. The van der Waals surface area contributed by atoms with Gasteiger partial charge in [0.1, 0.15) is 10.7 Å². The van der Waals surface area contributed by atoms with Gasteiger partial charge in [0.15, 0.2) is 11.5 Å². The summed E-state index contributed by atoms with van der Waals surface area (Å²) in [5.74, 6) is 1.38. The van der Waals surface area contributed by atoms with Crippen molar-refractivity contribution in [3.63, 3.8) is 0 Å². The molecule has 0 saturated heterocycles. The normalized spacial score (nSPS) is 12.2. The minimum atomic E-state index is -0.496. The Morgan fingerprint density at radius 1 is 1.24 bits per heavy atom. The van der Waals surface area contributed by atoms with Gasteiger partial charge in [-0.1, -0.05) is 23.7 Å². The van der Waals surface area contributed by atoms with Crippen LogP contribution < -0.4 is 14.8 Å². The number of nitro groups is 1. The van der Waals surface area contributed by atoms with Crippen LogP contribution in [0.4, 0.5) is 11.4 Å². The van der Waals surface area contributed by atoms with E-state index in [0.29, 0.717) is 23.7 Å². The molecule has 0 amide bonds. The number of benzene rings is 2. The van der Waals surface area contributed by atoms with E-state index in [1.165, 1.54) is 6.07 Å². The summed E-state index contributed by atoms with van der Waals surface area (Å²) >= 11 is 5.86. The predicted octanol–water partition coefficient (Wildman–Crippen LogP) is 3.59. The topological polar surface area (TPSA) is 73.6 Å². The van der Waals surface area contributed by atoms with Crippen molar-refractivity contribution < 1.29 is 14.4 Å². The Kier molecular flexibility index (Phi) is 3.53. The van der Waals surface area contributed by atoms with E-state index in [0.717, 1.165) is 5.56 Å². The predicted molar refractivity (Wildman–Crippen MR) is 78.0 cm³/mol. The minimum Gasteiger partial charge on any atom is -0.454 e. The fourth-order valence-corrected chi connectivity index (χ4v) is 2.34.